The van der Waals surface area contributed by atoms with Crippen LogP contribution >= 0.6 is 0 Å². The molecule has 1 heterocycles. The van der Waals surface area contributed by atoms with E-state index in [0.29, 0.717) is 6.61 Å². The summed E-state index contributed by atoms with van der Waals surface area (Å²) in [6, 6.07) is 12.3. The topological polar surface area (TPSA) is 30.9 Å². The van der Waals surface area contributed by atoms with Gasteiger partial charge in [-0.3, -0.25) is 4.90 Å². The molecule has 1 aliphatic rings. The van der Waals surface area contributed by atoms with Crippen molar-refractivity contribution in [2.75, 3.05) is 33.9 Å². The molecule has 0 spiro atoms. The Labute approximate surface area is 156 Å². The summed E-state index contributed by atoms with van der Waals surface area (Å²) in [4.78, 5) is 2.41. The lowest BCUT2D eigenvalue weighted by atomic mass is 10.0. The second kappa shape index (κ2) is 8.28. The van der Waals surface area contributed by atoms with Gasteiger partial charge < -0.3 is 14.2 Å². The number of allylic oxidation sites excluding steroid dienone is 1. The van der Waals surface area contributed by atoms with Crippen molar-refractivity contribution < 1.29 is 14.2 Å². The molecule has 0 fully saturated rings. The fraction of sp³-hybridized carbons (Fsp3) is 0.364. The second-order valence-electron chi connectivity index (χ2n) is 6.56. The third-order valence-electron chi connectivity index (χ3n) is 4.78. The number of hydrogen-bond acceptors (Lipinski definition) is 4. The lowest BCUT2D eigenvalue weighted by Gasteiger charge is -2.20. The van der Waals surface area contributed by atoms with E-state index in [1.165, 1.54) is 5.57 Å². The standard InChI is InChI=1S/C22H27NO3/c1-5-16(2)14-23-10-11-26-22-18(15-23)12-17(13-21(22)25-4)19-8-6-7-9-20(19)24-3/h5-9,12-13H,10-11,14-15H2,1-4H3. The minimum absolute atomic E-state index is 0.661. The van der Waals surface area contributed by atoms with Gasteiger partial charge in [0.15, 0.2) is 11.5 Å². The molecule has 0 amide bonds. The van der Waals surface area contributed by atoms with Gasteiger partial charge in [0, 0.05) is 30.8 Å². The highest BCUT2D eigenvalue weighted by atomic mass is 16.5. The Hall–Kier alpha value is -2.46. The average Bonchev–Trinajstić information content (AvgIpc) is 2.88. The second-order valence-corrected chi connectivity index (χ2v) is 6.56. The molecule has 0 N–H and O–H groups in total. The summed E-state index contributed by atoms with van der Waals surface area (Å²) in [7, 11) is 3.39. The van der Waals surface area contributed by atoms with Gasteiger partial charge in [0.25, 0.3) is 0 Å². The van der Waals surface area contributed by atoms with Crippen LogP contribution in [0.4, 0.5) is 0 Å². The van der Waals surface area contributed by atoms with Crippen molar-refractivity contribution in [1.82, 2.24) is 4.90 Å². The monoisotopic (exact) mass is 353 g/mol. The van der Waals surface area contributed by atoms with Gasteiger partial charge in [-0.05, 0) is 37.6 Å². The molecule has 0 aromatic heterocycles. The predicted octanol–water partition coefficient (Wildman–Crippen LogP) is 4.53. The minimum Gasteiger partial charge on any atom is -0.496 e. The molecule has 0 saturated heterocycles. The summed E-state index contributed by atoms with van der Waals surface area (Å²) in [5.74, 6) is 2.48. The molecule has 0 aliphatic carbocycles. The van der Waals surface area contributed by atoms with E-state index in [1.807, 2.05) is 24.3 Å². The van der Waals surface area contributed by atoms with Gasteiger partial charge in [-0.25, -0.2) is 0 Å². The zero-order chi connectivity index (χ0) is 18.5. The molecule has 1 aliphatic heterocycles. The Bertz CT molecular complexity index is 798. The first kappa shape index (κ1) is 18.3. The molecular formula is C22H27NO3. The summed E-state index contributed by atoms with van der Waals surface area (Å²) < 4.78 is 17.2. The van der Waals surface area contributed by atoms with Gasteiger partial charge in [-0.15, -0.1) is 0 Å². The van der Waals surface area contributed by atoms with Gasteiger partial charge in [0.2, 0.25) is 0 Å². The molecule has 2 aromatic carbocycles. The first-order valence-electron chi connectivity index (χ1n) is 8.97. The van der Waals surface area contributed by atoms with E-state index in [-0.39, 0.29) is 0 Å². The molecule has 0 atom stereocenters. The lowest BCUT2D eigenvalue weighted by Crippen LogP contribution is -2.27. The van der Waals surface area contributed by atoms with Crippen molar-refractivity contribution in [2.24, 2.45) is 0 Å². The van der Waals surface area contributed by atoms with E-state index < -0.39 is 0 Å². The summed E-state index contributed by atoms with van der Waals surface area (Å²) in [6.07, 6.45) is 2.17. The third-order valence-corrected chi connectivity index (χ3v) is 4.78. The number of rotatable bonds is 5. The quantitative estimate of drug-likeness (QED) is 0.739. The molecule has 0 saturated carbocycles. The summed E-state index contributed by atoms with van der Waals surface area (Å²) in [5.41, 5.74) is 4.63. The Kier molecular flexibility index (Phi) is 5.84. The molecule has 0 radical (unpaired) electrons. The molecule has 2 aromatic rings. The summed E-state index contributed by atoms with van der Waals surface area (Å²) in [6.45, 7) is 7.58. The number of ether oxygens (including phenoxy) is 3. The van der Waals surface area contributed by atoms with E-state index in [4.69, 9.17) is 14.2 Å². The highest BCUT2D eigenvalue weighted by molar-refractivity contribution is 5.74. The van der Waals surface area contributed by atoms with Crippen LogP contribution in [0.2, 0.25) is 0 Å². The molecular weight excluding hydrogens is 326 g/mol. The number of methoxy groups -OCH3 is 2. The lowest BCUT2D eigenvalue weighted by molar-refractivity contribution is 0.235. The first-order valence-corrected chi connectivity index (χ1v) is 8.97. The minimum atomic E-state index is 0.661. The molecule has 26 heavy (non-hydrogen) atoms. The van der Waals surface area contributed by atoms with Gasteiger partial charge >= 0.3 is 0 Å². The van der Waals surface area contributed by atoms with E-state index in [2.05, 4.69) is 37.0 Å². The Balaban J connectivity index is 2.03. The first-order chi connectivity index (χ1) is 12.7. The SMILES string of the molecule is CC=C(C)CN1CCOc2c(cc(-c3ccccc3OC)cc2OC)C1. The molecule has 138 valence electrons. The van der Waals surface area contributed by atoms with Gasteiger partial charge in [0.1, 0.15) is 12.4 Å². The number of benzene rings is 2. The van der Waals surface area contributed by atoms with Crippen LogP contribution in [0, 0.1) is 0 Å². The fourth-order valence-electron chi connectivity index (χ4n) is 3.31. The van der Waals surface area contributed by atoms with Crippen molar-refractivity contribution in [3.63, 3.8) is 0 Å². The average molecular weight is 353 g/mol. The van der Waals surface area contributed by atoms with Crippen LogP contribution in [0.1, 0.15) is 19.4 Å². The van der Waals surface area contributed by atoms with Crippen molar-refractivity contribution in [3.05, 3.63) is 53.6 Å². The molecule has 4 nitrogen and oxygen atoms in total. The number of para-hydroxylation sites is 1. The number of hydrogen-bond donors (Lipinski definition) is 0. The van der Waals surface area contributed by atoms with Crippen LogP contribution in [0.25, 0.3) is 11.1 Å². The van der Waals surface area contributed by atoms with Crippen LogP contribution < -0.4 is 14.2 Å². The van der Waals surface area contributed by atoms with Crippen molar-refractivity contribution in [3.8, 4) is 28.4 Å². The molecule has 4 heteroatoms. The van der Waals surface area contributed by atoms with E-state index in [1.54, 1.807) is 14.2 Å². The van der Waals surface area contributed by atoms with Crippen LogP contribution in [0.3, 0.4) is 0 Å². The van der Waals surface area contributed by atoms with Gasteiger partial charge in [0.05, 0.1) is 14.2 Å². The van der Waals surface area contributed by atoms with E-state index in [0.717, 1.165) is 53.6 Å². The summed E-state index contributed by atoms with van der Waals surface area (Å²) >= 11 is 0. The maximum Gasteiger partial charge on any atom is 0.165 e. The highest BCUT2D eigenvalue weighted by Gasteiger charge is 2.21. The largest absolute Gasteiger partial charge is 0.496 e. The van der Waals surface area contributed by atoms with Crippen LogP contribution in [0.5, 0.6) is 17.2 Å². The van der Waals surface area contributed by atoms with E-state index >= 15 is 0 Å². The maximum atomic E-state index is 6.05. The number of nitrogens with zero attached hydrogens (tertiary/aromatic N) is 1. The third kappa shape index (κ3) is 3.86. The Morgan fingerprint density at radius 3 is 2.65 bits per heavy atom. The fourth-order valence-corrected chi connectivity index (χ4v) is 3.31. The molecule has 0 unspecified atom stereocenters. The van der Waals surface area contributed by atoms with Gasteiger partial charge in [-0.1, -0.05) is 29.8 Å². The Morgan fingerprint density at radius 1 is 1.15 bits per heavy atom. The van der Waals surface area contributed by atoms with Crippen molar-refractivity contribution in [1.29, 1.82) is 0 Å². The summed E-state index contributed by atoms with van der Waals surface area (Å²) in [5, 5.41) is 0. The molecule has 3 rings (SSSR count). The molecule has 0 bridgehead atoms. The van der Waals surface area contributed by atoms with Gasteiger partial charge in [-0.2, -0.15) is 0 Å². The Morgan fingerprint density at radius 2 is 1.92 bits per heavy atom. The van der Waals surface area contributed by atoms with Crippen molar-refractivity contribution in [2.45, 2.75) is 20.4 Å². The van der Waals surface area contributed by atoms with E-state index in [9.17, 15) is 0 Å². The normalized spacial score (nSPS) is 15.0. The van der Waals surface area contributed by atoms with Crippen LogP contribution in [-0.2, 0) is 6.54 Å². The highest BCUT2D eigenvalue weighted by Crippen LogP contribution is 2.40. The zero-order valence-electron chi connectivity index (χ0n) is 16.0. The number of fused-ring (bicyclic) bond motifs is 1. The van der Waals surface area contributed by atoms with Crippen LogP contribution in [0.15, 0.2) is 48.0 Å². The smallest absolute Gasteiger partial charge is 0.165 e. The zero-order valence-corrected chi connectivity index (χ0v) is 16.0. The van der Waals surface area contributed by atoms with Crippen molar-refractivity contribution >= 4 is 0 Å². The maximum absolute atomic E-state index is 6.05. The van der Waals surface area contributed by atoms with Crippen LogP contribution in [-0.4, -0.2) is 38.8 Å². The predicted molar refractivity (Wildman–Crippen MR) is 105 cm³/mol.